The average molecular weight is 202 g/mol. The maximum Gasteiger partial charge on any atom is 0.270 e. The minimum absolute atomic E-state index is 0.491. The molecule has 0 spiro atoms. The van der Waals surface area contributed by atoms with E-state index in [0.29, 0.717) is 5.82 Å². The highest BCUT2D eigenvalue weighted by molar-refractivity contribution is 8.07. The van der Waals surface area contributed by atoms with Crippen LogP contribution < -0.4 is 0 Å². The van der Waals surface area contributed by atoms with E-state index in [-0.39, 0.29) is 0 Å². The molecule has 0 aromatic carbocycles. The Labute approximate surface area is 87.9 Å². The van der Waals surface area contributed by atoms with Gasteiger partial charge in [0.1, 0.15) is 0 Å². The summed E-state index contributed by atoms with van der Waals surface area (Å²) in [7, 11) is 0. The number of hydrogen-bond acceptors (Lipinski definition) is 2. The maximum absolute atomic E-state index is 6.92. The Balaban J connectivity index is 2.56. The number of pyridine rings is 1. The molecule has 1 aromatic heterocycles. The van der Waals surface area contributed by atoms with Crippen molar-refractivity contribution in [3.63, 3.8) is 0 Å². The number of allylic oxidation sites excluding steroid dienone is 1. The predicted octanol–water partition coefficient (Wildman–Crippen LogP) is 3.28. The third-order valence-electron chi connectivity index (χ3n) is 2.34. The highest BCUT2D eigenvalue weighted by Gasteiger charge is 2.22. The lowest BCUT2D eigenvalue weighted by Gasteiger charge is -1.97. The number of fused-ring (bicyclic) bond motifs is 1. The van der Waals surface area contributed by atoms with Crippen LogP contribution in [0.2, 0.25) is 0 Å². The van der Waals surface area contributed by atoms with Crippen molar-refractivity contribution in [2.24, 2.45) is 0 Å². The largest absolute Gasteiger partial charge is 0.361 e. The molecule has 2 nitrogen and oxygen atoms in total. The third kappa shape index (κ3) is 1.32. The minimum Gasteiger partial charge on any atom is -0.361 e. The highest BCUT2D eigenvalue weighted by atomic mass is 32.2. The lowest BCUT2D eigenvalue weighted by atomic mass is 10.2. The fraction of sp³-hybridized carbons (Fsp3) is 0.273. The quantitative estimate of drug-likeness (QED) is 0.650. The Kier molecular flexibility index (Phi) is 2.30. The predicted molar refractivity (Wildman–Crippen MR) is 60.3 cm³/mol. The van der Waals surface area contributed by atoms with E-state index in [9.17, 15) is 0 Å². The average Bonchev–Trinajstić information content (AvgIpc) is 2.52. The first-order valence-corrected chi connectivity index (χ1v) is 5.60. The van der Waals surface area contributed by atoms with Crippen LogP contribution in [0.1, 0.15) is 18.2 Å². The topological polar surface area (TPSA) is 17.2 Å². The summed E-state index contributed by atoms with van der Waals surface area (Å²) in [6.07, 6.45) is 3.04. The summed E-state index contributed by atoms with van der Waals surface area (Å²) in [4.78, 5) is 8.93. The van der Waals surface area contributed by atoms with Crippen molar-refractivity contribution in [3.05, 3.63) is 40.4 Å². The molecule has 1 heterocycles. The van der Waals surface area contributed by atoms with Gasteiger partial charge in [-0.2, -0.15) is 0 Å². The number of hydrogen-bond donors (Lipinski definition) is 0. The van der Waals surface area contributed by atoms with Crippen LogP contribution in [0.15, 0.2) is 17.7 Å². The van der Waals surface area contributed by atoms with Crippen molar-refractivity contribution in [1.29, 1.82) is 0 Å². The SMILES string of the molecule is [C-]#[N+]c1ccc2c(n1)C(SC)=C(C)C2. The van der Waals surface area contributed by atoms with Crippen LogP contribution >= 0.6 is 11.8 Å². The molecular formula is C11H10N2S. The van der Waals surface area contributed by atoms with Crippen LogP contribution in [0.25, 0.3) is 9.75 Å². The van der Waals surface area contributed by atoms with E-state index in [4.69, 9.17) is 6.57 Å². The van der Waals surface area contributed by atoms with Gasteiger partial charge in [-0.1, -0.05) is 18.2 Å². The Morgan fingerprint density at radius 1 is 1.50 bits per heavy atom. The monoisotopic (exact) mass is 202 g/mol. The molecule has 1 aliphatic carbocycles. The first kappa shape index (κ1) is 9.29. The lowest BCUT2D eigenvalue weighted by molar-refractivity contribution is 1.17. The van der Waals surface area contributed by atoms with Crippen molar-refractivity contribution < 1.29 is 0 Å². The van der Waals surface area contributed by atoms with Gasteiger partial charge >= 0.3 is 0 Å². The second-order valence-electron chi connectivity index (χ2n) is 3.28. The zero-order valence-corrected chi connectivity index (χ0v) is 8.98. The Morgan fingerprint density at radius 2 is 2.29 bits per heavy atom. The van der Waals surface area contributed by atoms with Crippen LogP contribution in [0.3, 0.4) is 0 Å². The second kappa shape index (κ2) is 3.47. The van der Waals surface area contributed by atoms with Gasteiger partial charge in [-0.25, -0.2) is 0 Å². The van der Waals surface area contributed by atoms with Gasteiger partial charge in [-0.15, -0.1) is 16.7 Å². The first-order valence-electron chi connectivity index (χ1n) is 4.37. The molecule has 0 radical (unpaired) electrons. The molecule has 0 bridgehead atoms. The standard InChI is InChI=1S/C11H10N2S/c1-7-6-8-4-5-9(12-2)13-10(8)11(7)14-3/h4-5H,6H2,1,3H3. The van der Waals surface area contributed by atoms with Gasteiger partial charge in [-0.3, -0.25) is 0 Å². The van der Waals surface area contributed by atoms with E-state index in [1.807, 2.05) is 6.07 Å². The number of nitrogens with zero attached hydrogens (tertiary/aromatic N) is 2. The number of aromatic nitrogens is 1. The molecular weight excluding hydrogens is 192 g/mol. The minimum atomic E-state index is 0.491. The molecule has 0 fully saturated rings. The molecule has 1 aromatic rings. The van der Waals surface area contributed by atoms with Gasteiger partial charge < -0.3 is 4.85 Å². The zero-order chi connectivity index (χ0) is 10.1. The van der Waals surface area contributed by atoms with E-state index in [1.54, 1.807) is 17.8 Å². The molecule has 70 valence electrons. The summed E-state index contributed by atoms with van der Waals surface area (Å²) in [6, 6.07) is 3.81. The molecule has 0 N–H and O–H groups in total. The molecule has 0 saturated carbocycles. The molecule has 1 aliphatic rings. The molecule has 0 atom stereocenters. The smallest absolute Gasteiger partial charge is 0.270 e. The van der Waals surface area contributed by atoms with Crippen molar-refractivity contribution >= 4 is 22.5 Å². The van der Waals surface area contributed by atoms with Crippen LogP contribution in [0, 0.1) is 6.57 Å². The van der Waals surface area contributed by atoms with E-state index in [1.165, 1.54) is 16.0 Å². The van der Waals surface area contributed by atoms with Crippen molar-refractivity contribution in [3.8, 4) is 0 Å². The first-order chi connectivity index (χ1) is 6.76. The van der Waals surface area contributed by atoms with Gasteiger partial charge in [0, 0.05) is 5.56 Å². The van der Waals surface area contributed by atoms with Gasteiger partial charge in [-0.05, 0) is 25.7 Å². The molecule has 3 heteroatoms. The van der Waals surface area contributed by atoms with Gasteiger partial charge in [0.2, 0.25) is 0 Å². The maximum atomic E-state index is 6.92. The molecule has 2 rings (SSSR count). The third-order valence-corrected chi connectivity index (χ3v) is 3.29. The molecule has 0 aliphatic heterocycles. The fourth-order valence-corrected chi connectivity index (χ4v) is 2.51. The fourth-order valence-electron chi connectivity index (χ4n) is 1.72. The molecule has 0 unspecified atom stereocenters. The van der Waals surface area contributed by atoms with Crippen LogP contribution in [-0.2, 0) is 6.42 Å². The van der Waals surface area contributed by atoms with Gasteiger partial charge in [0.25, 0.3) is 5.82 Å². The van der Waals surface area contributed by atoms with Crippen LogP contribution in [0.5, 0.6) is 0 Å². The lowest BCUT2D eigenvalue weighted by Crippen LogP contribution is -1.87. The van der Waals surface area contributed by atoms with Crippen LogP contribution in [0.4, 0.5) is 5.82 Å². The van der Waals surface area contributed by atoms with E-state index in [2.05, 4.69) is 23.0 Å². The van der Waals surface area contributed by atoms with Crippen molar-refractivity contribution in [2.75, 3.05) is 6.26 Å². The zero-order valence-electron chi connectivity index (χ0n) is 8.16. The summed E-state index contributed by atoms with van der Waals surface area (Å²) in [5, 5.41) is 0. The van der Waals surface area contributed by atoms with E-state index < -0.39 is 0 Å². The Hall–Kier alpha value is -1.27. The summed E-state index contributed by atoms with van der Waals surface area (Å²) >= 11 is 1.72. The summed E-state index contributed by atoms with van der Waals surface area (Å²) in [5.74, 6) is 0.491. The Bertz CT molecular complexity index is 455. The number of rotatable bonds is 1. The Morgan fingerprint density at radius 3 is 2.93 bits per heavy atom. The second-order valence-corrected chi connectivity index (χ2v) is 4.10. The van der Waals surface area contributed by atoms with Crippen molar-refractivity contribution in [1.82, 2.24) is 4.98 Å². The summed E-state index contributed by atoms with van der Waals surface area (Å²) in [6.45, 7) is 9.05. The summed E-state index contributed by atoms with van der Waals surface area (Å²) < 4.78 is 0. The molecule has 14 heavy (non-hydrogen) atoms. The summed E-state index contributed by atoms with van der Waals surface area (Å²) in [5.41, 5.74) is 3.63. The van der Waals surface area contributed by atoms with E-state index >= 15 is 0 Å². The van der Waals surface area contributed by atoms with Crippen molar-refractivity contribution in [2.45, 2.75) is 13.3 Å². The van der Waals surface area contributed by atoms with E-state index in [0.717, 1.165) is 12.1 Å². The number of thioether (sulfide) groups is 1. The van der Waals surface area contributed by atoms with Gasteiger partial charge in [0.15, 0.2) is 5.69 Å². The van der Waals surface area contributed by atoms with Crippen LogP contribution in [-0.4, -0.2) is 11.2 Å². The molecule has 0 amide bonds. The highest BCUT2D eigenvalue weighted by Crippen LogP contribution is 2.38. The normalized spacial score (nSPS) is 14.1. The van der Waals surface area contributed by atoms with Gasteiger partial charge in [0.05, 0.1) is 4.91 Å². The molecule has 0 saturated heterocycles.